The summed E-state index contributed by atoms with van der Waals surface area (Å²) in [4.78, 5) is 38.7. The zero-order valence-electron chi connectivity index (χ0n) is 22.6. The van der Waals surface area contributed by atoms with Crippen LogP contribution in [-0.4, -0.2) is 46.9 Å². The van der Waals surface area contributed by atoms with Gasteiger partial charge in [-0.1, -0.05) is 48.5 Å². The lowest BCUT2D eigenvalue weighted by molar-refractivity contribution is -0.117. The van der Waals surface area contributed by atoms with Crippen LogP contribution in [0.3, 0.4) is 0 Å². The first-order valence-electron chi connectivity index (χ1n) is 13.6. The minimum atomic E-state index is -1.04. The monoisotopic (exact) mass is 549 g/mol. The second-order valence-corrected chi connectivity index (χ2v) is 10.0. The summed E-state index contributed by atoms with van der Waals surface area (Å²) in [6.45, 7) is 1.17. The predicted molar refractivity (Wildman–Crippen MR) is 155 cm³/mol. The van der Waals surface area contributed by atoms with E-state index in [4.69, 9.17) is 9.47 Å². The number of rotatable bonds is 11. The largest absolute Gasteiger partial charge is 0.491 e. The number of ketones is 1. The molecule has 4 aromatic carbocycles. The molecule has 1 aliphatic rings. The third-order valence-electron chi connectivity index (χ3n) is 7.12. The third kappa shape index (κ3) is 7.19. The quantitative estimate of drug-likeness (QED) is 0.239. The van der Waals surface area contributed by atoms with Crippen molar-refractivity contribution in [1.29, 1.82) is 0 Å². The number of aromatic carboxylic acids is 1. The summed E-state index contributed by atoms with van der Waals surface area (Å²) < 4.78 is 12.0. The number of ether oxygens (including phenoxy) is 2. The van der Waals surface area contributed by atoms with Gasteiger partial charge in [-0.2, -0.15) is 0 Å². The van der Waals surface area contributed by atoms with E-state index in [-0.39, 0.29) is 36.1 Å². The van der Waals surface area contributed by atoms with Crippen LogP contribution >= 0.6 is 0 Å². The molecule has 4 aromatic rings. The number of benzene rings is 4. The molecule has 1 heterocycles. The standard InChI is InChI=1S/C34H31NO6/c36-28(22-26-9-4-5-11-32(26)34(38)39)21-24-12-14-30(15-13-24)41-31-18-16-29(17-19-31)40-23-27-10-6-20-35(27)33(37)25-7-2-1-3-8-25/h1-5,7-9,11-19,27H,6,10,20-23H2,(H,38,39)/t27-/m0/s1. The molecule has 0 saturated carbocycles. The molecule has 1 aliphatic heterocycles. The van der Waals surface area contributed by atoms with Crippen molar-refractivity contribution in [1.82, 2.24) is 4.90 Å². The van der Waals surface area contributed by atoms with E-state index in [9.17, 15) is 19.5 Å². The summed E-state index contributed by atoms with van der Waals surface area (Å²) in [5.41, 5.74) is 2.19. The van der Waals surface area contributed by atoms with Gasteiger partial charge in [0.1, 0.15) is 29.6 Å². The highest BCUT2D eigenvalue weighted by Crippen LogP contribution is 2.26. The van der Waals surface area contributed by atoms with Gasteiger partial charge in [0, 0.05) is 24.9 Å². The Balaban J connectivity index is 1.11. The fourth-order valence-corrected chi connectivity index (χ4v) is 5.02. The Hall–Kier alpha value is -4.91. The molecule has 1 amide bonds. The maximum Gasteiger partial charge on any atom is 0.335 e. The average Bonchev–Trinajstić information content (AvgIpc) is 3.47. The Morgan fingerprint density at radius 1 is 0.756 bits per heavy atom. The Morgan fingerprint density at radius 2 is 1.39 bits per heavy atom. The number of carboxylic acids is 1. The van der Waals surface area contributed by atoms with Crippen molar-refractivity contribution in [2.75, 3.05) is 13.2 Å². The Bertz CT molecular complexity index is 1500. The van der Waals surface area contributed by atoms with Crippen molar-refractivity contribution >= 4 is 17.7 Å². The van der Waals surface area contributed by atoms with Gasteiger partial charge >= 0.3 is 5.97 Å². The smallest absolute Gasteiger partial charge is 0.335 e. The van der Waals surface area contributed by atoms with Crippen LogP contribution in [0.25, 0.3) is 0 Å². The van der Waals surface area contributed by atoms with Crippen LogP contribution < -0.4 is 9.47 Å². The Kier molecular flexibility index (Phi) is 8.74. The van der Waals surface area contributed by atoms with Crippen molar-refractivity contribution in [2.24, 2.45) is 0 Å². The van der Waals surface area contributed by atoms with Crippen LogP contribution in [0.1, 0.15) is 44.7 Å². The van der Waals surface area contributed by atoms with E-state index in [0.717, 1.165) is 24.9 Å². The number of Topliss-reactive ketones (excluding diaryl/α,β-unsaturated/α-hetero) is 1. The van der Waals surface area contributed by atoms with Crippen molar-refractivity contribution in [3.05, 3.63) is 125 Å². The number of amides is 1. The first kappa shape index (κ1) is 27.6. The lowest BCUT2D eigenvalue weighted by atomic mass is 9.99. The zero-order valence-corrected chi connectivity index (χ0v) is 22.6. The fraction of sp³-hybridized carbons (Fsp3) is 0.206. The predicted octanol–water partition coefficient (Wildman–Crippen LogP) is 6.22. The molecule has 1 N–H and O–H groups in total. The van der Waals surface area contributed by atoms with Gasteiger partial charge in [0.25, 0.3) is 5.91 Å². The molecule has 7 heteroatoms. The molecule has 0 spiro atoms. The minimum absolute atomic E-state index is 0.0379. The molecule has 41 heavy (non-hydrogen) atoms. The molecular weight excluding hydrogens is 518 g/mol. The summed E-state index contributed by atoms with van der Waals surface area (Å²) >= 11 is 0. The second kappa shape index (κ2) is 13.0. The van der Waals surface area contributed by atoms with Gasteiger partial charge in [-0.05, 0) is 78.6 Å². The topological polar surface area (TPSA) is 93.1 Å². The molecule has 7 nitrogen and oxygen atoms in total. The van der Waals surface area contributed by atoms with Crippen molar-refractivity contribution in [3.8, 4) is 17.2 Å². The molecule has 1 saturated heterocycles. The van der Waals surface area contributed by atoms with Gasteiger partial charge < -0.3 is 19.5 Å². The lowest BCUT2D eigenvalue weighted by Gasteiger charge is -2.25. The normalized spacial score (nSPS) is 14.4. The first-order valence-corrected chi connectivity index (χ1v) is 13.6. The number of carbonyl (C=O) groups excluding carboxylic acids is 2. The summed E-state index contributed by atoms with van der Waals surface area (Å²) in [7, 11) is 0. The summed E-state index contributed by atoms with van der Waals surface area (Å²) in [6, 6.07) is 30.5. The van der Waals surface area contributed by atoms with Crippen LogP contribution in [0, 0.1) is 0 Å². The van der Waals surface area contributed by atoms with E-state index in [1.165, 1.54) is 6.07 Å². The van der Waals surface area contributed by atoms with Gasteiger partial charge in [-0.25, -0.2) is 4.79 Å². The molecular formula is C34H31NO6. The van der Waals surface area contributed by atoms with Crippen LogP contribution in [0.5, 0.6) is 17.2 Å². The van der Waals surface area contributed by atoms with Gasteiger partial charge in [0.2, 0.25) is 0 Å². The van der Waals surface area contributed by atoms with E-state index < -0.39 is 5.97 Å². The molecule has 1 fully saturated rings. The maximum atomic E-state index is 12.9. The lowest BCUT2D eigenvalue weighted by Crippen LogP contribution is -2.39. The van der Waals surface area contributed by atoms with Gasteiger partial charge in [0.05, 0.1) is 11.6 Å². The van der Waals surface area contributed by atoms with Crippen molar-refractivity contribution in [2.45, 2.75) is 31.7 Å². The maximum absolute atomic E-state index is 12.9. The summed E-state index contributed by atoms with van der Waals surface area (Å²) in [5, 5.41) is 9.33. The minimum Gasteiger partial charge on any atom is -0.491 e. The third-order valence-corrected chi connectivity index (χ3v) is 7.12. The second-order valence-electron chi connectivity index (χ2n) is 10.0. The van der Waals surface area contributed by atoms with Crippen LogP contribution in [-0.2, 0) is 17.6 Å². The number of nitrogens with zero attached hydrogens (tertiary/aromatic N) is 1. The van der Waals surface area contributed by atoms with Crippen molar-refractivity contribution < 1.29 is 29.0 Å². The highest BCUT2D eigenvalue weighted by atomic mass is 16.5. The molecule has 0 aromatic heterocycles. The van der Waals surface area contributed by atoms with Crippen LogP contribution in [0.15, 0.2) is 103 Å². The highest BCUT2D eigenvalue weighted by Gasteiger charge is 2.29. The molecule has 1 atom stereocenters. The fourth-order valence-electron chi connectivity index (χ4n) is 5.02. The number of carboxylic acid groups (broad SMARTS) is 1. The Labute approximate surface area is 239 Å². The van der Waals surface area contributed by atoms with E-state index in [0.29, 0.717) is 35.0 Å². The molecule has 5 rings (SSSR count). The number of hydrogen-bond acceptors (Lipinski definition) is 5. The van der Waals surface area contributed by atoms with Crippen LogP contribution in [0.2, 0.25) is 0 Å². The highest BCUT2D eigenvalue weighted by molar-refractivity contribution is 5.94. The van der Waals surface area contributed by atoms with Gasteiger partial charge in [-0.3, -0.25) is 9.59 Å². The molecule has 0 unspecified atom stereocenters. The number of likely N-dealkylation sites (tertiary alicyclic amines) is 1. The summed E-state index contributed by atoms with van der Waals surface area (Å²) in [5.74, 6) is 0.924. The van der Waals surface area contributed by atoms with E-state index in [1.54, 1.807) is 30.3 Å². The molecule has 208 valence electrons. The van der Waals surface area contributed by atoms with E-state index in [2.05, 4.69) is 0 Å². The number of carbonyl (C=O) groups is 3. The van der Waals surface area contributed by atoms with Crippen molar-refractivity contribution in [3.63, 3.8) is 0 Å². The van der Waals surface area contributed by atoms with E-state index in [1.807, 2.05) is 71.6 Å². The Morgan fingerprint density at radius 3 is 2.10 bits per heavy atom. The SMILES string of the molecule is O=C(Cc1ccc(Oc2ccc(OC[C@@H]3CCCN3C(=O)c3ccccc3)cc2)cc1)Cc1ccccc1C(=O)O. The van der Waals surface area contributed by atoms with Gasteiger partial charge in [-0.15, -0.1) is 0 Å². The van der Waals surface area contributed by atoms with Crippen LogP contribution in [0.4, 0.5) is 0 Å². The first-order chi connectivity index (χ1) is 20.0. The average molecular weight is 550 g/mol. The number of hydrogen-bond donors (Lipinski definition) is 1. The molecule has 0 aliphatic carbocycles. The van der Waals surface area contributed by atoms with E-state index >= 15 is 0 Å². The van der Waals surface area contributed by atoms with Gasteiger partial charge in [0.15, 0.2) is 0 Å². The molecule has 0 bridgehead atoms. The molecule has 0 radical (unpaired) electrons. The summed E-state index contributed by atoms with van der Waals surface area (Å²) in [6.07, 6.45) is 2.15. The zero-order chi connectivity index (χ0) is 28.6.